The van der Waals surface area contributed by atoms with Crippen LogP contribution in [0.3, 0.4) is 0 Å². The molecule has 1 heterocycles. The van der Waals surface area contributed by atoms with E-state index in [1.165, 1.54) is 0 Å². The fraction of sp³-hybridized carbons (Fsp3) is 0.632. The van der Waals surface area contributed by atoms with Crippen molar-refractivity contribution < 1.29 is 17.9 Å². The number of benzene rings is 1. The quantitative estimate of drug-likeness (QED) is 0.848. The lowest BCUT2D eigenvalue weighted by atomic mass is 10.1. The number of rotatable bonds is 5. The summed E-state index contributed by atoms with van der Waals surface area (Å²) in [6.45, 7) is 8.10. The Kier molecular flexibility index (Phi) is 6.69. The van der Waals surface area contributed by atoms with Gasteiger partial charge < -0.3 is 10.1 Å². The second kappa shape index (κ2) is 8.39. The molecule has 1 saturated heterocycles. The normalized spacial score (nSPS) is 19.2. The van der Waals surface area contributed by atoms with Crippen molar-refractivity contribution in [3.8, 4) is 0 Å². The number of nitrogens with zero attached hydrogens (tertiary/aromatic N) is 1. The third-order valence-electron chi connectivity index (χ3n) is 4.24. The van der Waals surface area contributed by atoms with Gasteiger partial charge in [0.25, 0.3) is 0 Å². The minimum Gasteiger partial charge on any atom is -0.444 e. The van der Waals surface area contributed by atoms with Gasteiger partial charge in [-0.15, -0.1) is 0 Å². The number of piperidine rings is 1. The van der Waals surface area contributed by atoms with Crippen molar-refractivity contribution >= 4 is 16.1 Å². The van der Waals surface area contributed by atoms with E-state index in [4.69, 9.17) is 4.74 Å². The molecule has 6 nitrogen and oxygen atoms in total. The topological polar surface area (TPSA) is 75.7 Å². The molecular weight excluding hydrogens is 352 g/mol. The monoisotopic (exact) mass is 382 g/mol. The van der Waals surface area contributed by atoms with Crippen LogP contribution in [-0.4, -0.2) is 43.5 Å². The Balaban J connectivity index is 2.03. The zero-order valence-electron chi connectivity index (χ0n) is 16.1. The van der Waals surface area contributed by atoms with Crippen molar-refractivity contribution in [3.05, 3.63) is 35.4 Å². The van der Waals surface area contributed by atoms with Crippen LogP contribution in [0.5, 0.6) is 0 Å². The lowest BCUT2D eigenvalue weighted by Gasteiger charge is -2.35. The summed E-state index contributed by atoms with van der Waals surface area (Å²) in [5, 5.41) is 2.72. The maximum Gasteiger partial charge on any atom is 0.407 e. The fourth-order valence-corrected chi connectivity index (χ4v) is 4.96. The van der Waals surface area contributed by atoms with Gasteiger partial charge in [0.2, 0.25) is 10.0 Å². The van der Waals surface area contributed by atoms with E-state index >= 15 is 0 Å². The smallest absolute Gasteiger partial charge is 0.407 e. The Morgan fingerprint density at radius 2 is 2.04 bits per heavy atom. The molecule has 1 unspecified atom stereocenters. The summed E-state index contributed by atoms with van der Waals surface area (Å²) in [5.74, 6) is -0.0163. The van der Waals surface area contributed by atoms with E-state index in [1.54, 1.807) is 25.1 Å². The van der Waals surface area contributed by atoms with Gasteiger partial charge in [0.05, 0.1) is 5.75 Å². The Labute approximate surface area is 157 Å². The van der Waals surface area contributed by atoms with Crippen molar-refractivity contribution in [2.24, 2.45) is 0 Å². The molecule has 1 fully saturated rings. The van der Waals surface area contributed by atoms with Crippen LogP contribution in [0.1, 0.15) is 51.2 Å². The number of ether oxygens (including phenoxy) is 1. The number of hydrogen-bond acceptors (Lipinski definition) is 4. The first-order chi connectivity index (χ1) is 12.1. The molecule has 146 valence electrons. The van der Waals surface area contributed by atoms with Gasteiger partial charge in [-0.3, -0.25) is 0 Å². The van der Waals surface area contributed by atoms with Gasteiger partial charge in [0.15, 0.2) is 0 Å². The molecule has 1 atom stereocenters. The zero-order valence-corrected chi connectivity index (χ0v) is 16.9. The standard InChI is InChI=1S/C19H30N2O4S/c1-15-8-7-9-16(12-15)14-26(23,24)21-11-6-5-10-17(21)13-20-18(22)25-19(2,3)4/h7-9,12,17H,5-6,10-11,13-14H2,1-4H3,(H,20,22). The fourth-order valence-electron chi connectivity index (χ4n) is 3.16. The number of aryl methyl sites for hydroxylation is 1. The molecule has 26 heavy (non-hydrogen) atoms. The molecule has 0 radical (unpaired) electrons. The van der Waals surface area contributed by atoms with Gasteiger partial charge in [-0.25, -0.2) is 13.2 Å². The number of hydrogen-bond donors (Lipinski definition) is 1. The number of carbonyl (C=O) groups excluding carboxylic acids is 1. The van der Waals surface area contributed by atoms with Crippen molar-refractivity contribution in [1.29, 1.82) is 0 Å². The van der Waals surface area contributed by atoms with E-state index in [-0.39, 0.29) is 18.3 Å². The summed E-state index contributed by atoms with van der Waals surface area (Å²) in [7, 11) is -3.44. The maximum atomic E-state index is 12.9. The Morgan fingerprint density at radius 3 is 2.69 bits per heavy atom. The third kappa shape index (κ3) is 6.29. The molecule has 1 aromatic carbocycles. The predicted molar refractivity (Wildman–Crippen MR) is 102 cm³/mol. The molecule has 0 aromatic heterocycles. The van der Waals surface area contributed by atoms with E-state index in [0.717, 1.165) is 30.4 Å². The highest BCUT2D eigenvalue weighted by Crippen LogP contribution is 2.23. The molecule has 0 aliphatic carbocycles. The first-order valence-electron chi connectivity index (χ1n) is 9.09. The van der Waals surface area contributed by atoms with E-state index < -0.39 is 21.7 Å². The largest absolute Gasteiger partial charge is 0.444 e. The minimum absolute atomic E-state index is 0.0163. The first kappa shape index (κ1) is 20.7. The molecule has 7 heteroatoms. The third-order valence-corrected chi connectivity index (χ3v) is 6.14. The van der Waals surface area contributed by atoms with Crippen LogP contribution < -0.4 is 5.32 Å². The average Bonchev–Trinajstić information content (AvgIpc) is 2.51. The van der Waals surface area contributed by atoms with Crippen LogP contribution in [0.25, 0.3) is 0 Å². The highest BCUT2D eigenvalue weighted by molar-refractivity contribution is 7.88. The van der Waals surface area contributed by atoms with Crippen LogP contribution >= 0.6 is 0 Å². The van der Waals surface area contributed by atoms with Gasteiger partial charge >= 0.3 is 6.09 Å². The molecule has 0 spiro atoms. The second-order valence-corrected chi connectivity index (χ2v) is 9.81. The molecule has 2 rings (SSSR count). The number of sulfonamides is 1. The summed E-state index contributed by atoms with van der Waals surface area (Å²) in [6.07, 6.45) is 2.02. The molecule has 1 N–H and O–H groups in total. The van der Waals surface area contributed by atoms with Crippen molar-refractivity contribution in [2.45, 2.75) is 64.4 Å². The van der Waals surface area contributed by atoms with Gasteiger partial charge in [0, 0.05) is 19.1 Å². The highest BCUT2D eigenvalue weighted by Gasteiger charge is 2.32. The van der Waals surface area contributed by atoms with Crippen molar-refractivity contribution in [2.75, 3.05) is 13.1 Å². The minimum atomic E-state index is -3.44. The number of carbonyl (C=O) groups is 1. The van der Waals surface area contributed by atoms with E-state index in [1.807, 2.05) is 31.2 Å². The van der Waals surface area contributed by atoms with Crippen LogP contribution in [0.4, 0.5) is 4.79 Å². The Morgan fingerprint density at radius 1 is 1.31 bits per heavy atom. The molecule has 1 amide bonds. The Hall–Kier alpha value is -1.60. The summed E-state index contributed by atoms with van der Waals surface area (Å²) in [4.78, 5) is 11.9. The molecule has 1 aliphatic rings. The number of nitrogens with one attached hydrogen (secondary N) is 1. The lowest BCUT2D eigenvalue weighted by Crippen LogP contribution is -2.50. The number of alkyl carbamates (subject to hydrolysis) is 1. The summed E-state index contributed by atoms with van der Waals surface area (Å²) in [5.41, 5.74) is 1.25. The maximum absolute atomic E-state index is 12.9. The molecule has 0 bridgehead atoms. The first-order valence-corrected chi connectivity index (χ1v) is 10.7. The van der Waals surface area contributed by atoms with Gasteiger partial charge in [-0.2, -0.15) is 4.31 Å². The van der Waals surface area contributed by atoms with Crippen LogP contribution in [-0.2, 0) is 20.5 Å². The summed E-state index contributed by atoms with van der Waals surface area (Å²) < 4.78 is 32.7. The van der Waals surface area contributed by atoms with E-state index in [2.05, 4.69) is 5.32 Å². The van der Waals surface area contributed by atoms with Gasteiger partial charge in [0.1, 0.15) is 5.60 Å². The average molecular weight is 383 g/mol. The molecule has 1 aromatic rings. The van der Waals surface area contributed by atoms with Crippen molar-refractivity contribution in [3.63, 3.8) is 0 Å². The van der Waals surface area contributed by atoms with Crippen LogP contribution in [0.2, 0.25) is 0 Å². The van der Waals surface area contributed by atoms with Crippen molar-refractivity contribution in [1.82, 2.24) is 9.62 Å². The van der Waals surface area contributed by atoms with E-state index in [0.29, 0.717) is 6.54 Å². The lowest BCUT2D eigenvalue weighted by molar-refractivity contribution is 0.0512. The van der Waals surface area contributed by atoms with Crippen LogP contribution in [0.15, 0.2) is 24.3 Å². The zero-order chi connectivity index (χ0) is 19.4. The summed E-state index contributed by atoms with van der Waals surface area (Å²) in [6, 6.07) is 7.33. The summed E-state index contributed by atoms with van der Waals surface area (Å²) >= 11 is 0. The number of amides is 1. The molecule has 1 aliphatic heterocycles. The van der Waals surface area contributed by atoms with Gasteiger partial charge in [-0.05, 0) is 46.1 Å². The predicted octanol–water partition coefficient (Wildman–Crippen LogP) is 3.20. The van der Waals surface area contributed by atoms with Crippen LogP contribution in [0, 0.1) is 6.92 Å². The Bertz CT molecular complexity index is 725. The molecule has 0 saturated carbocycles. The van der Waals surface area contributed by atoms with Gasteiger partial charge in [-0.1, -0.05) is 36.2 Å². The van der Waals surface area contributed by atoms with E-state index in [9.17, 15) is 13.2 Å². The highest BCUT2D eigenvalue weighted by atomic mass is 32.2. The second-order valence-electron chi connectivity index (χ2n) is 7.89. The molecular formula is C19H30N2O4S. The SMILES string of the molecule is Cc1cccc(CS(=O)(=O)N2CCCCC2CNC(=O)OC(C)(C)C)c1.